The van der Waals surface area contributed by atoms with E-state index in [0.29, 0.717) is 11.2 Å². The third-order valence-electron chi connectivity index (χ3n) is 2.41. The van der Waals surface area contributed by atoms with Crippen molar-refractivity contribution in [2.75, 3.05) is 0 Å². The first-order valence-electron chi connectivity index (χ1n) is 5.02. The lowest BCUT2D eigenvalue weighted by atomic mass is 10.3. The molecule has 0 saturated heterocycles. The van der Waals surface area contributed by atoms with Gasteiger partial charge in [-0.3, -0.25) is 15.1 Å². The molecule has 3 heterocycles. The zero-order chi connectivity index (χ0) is 12.5. The van der Waals surface area contributed by atoms with Crippen LogP contribution >= 0.6 is 0 Å². The Morgan fingerprint density at radius 3 is 3.00 bits per heavy atom. The van der Waals surface area contributed by atoms with E-state index >= 15 is 0 Å². The highest BCUT2D eigenvalue weighted by Gasteiger charge is 2.18. The lowest BCUT2D eigenvalue weighted by molar-refractivity contribution is -0.384. The Bertz CT molecular complexity index is 738. The lowest BCUT2D eigenvalue weighted by Gasteiger charge is -2.01. The van der Waals surface area contributed by atoms with E-state index in [-0.39, 0.29) is 11.4 Å². The van der Waals surface area contributed by atoms with Crippen molar-refractivity contribution in [2.24, 2.45) is 0 Å². The highest BCUT2D eigenvalue weighted by atomic mass is 16.6. The maximum absolute atomic E-state index is 10.9. The molecule has 0 N–H and O–H groups in total. The Labute approximate surface area is 100 Å². The van der Waals surface area contributed by atoms with Crippen molar-refractivity contribution < 1.29 is 4.92 Å². The van der Waals surface area contributed by atoms with Crippen LogP contribution in [0.15, 0.2) is 36.8 Å². The van der Waals surface area contributed by atoms with E-state index in [4.69, 9.17) is 0 Å². The molecule has 18 heavy (non-hydrogen) atoms. The summed E-state index contributed by atoms with van der Waals surface area (Å²) < 4.78 is 1.33. The highest BCUT2D eigenvalue weighted by molar-refractivity contribution is 5.72. The molecule has 0 amide bonds. The minimum Gasteiger partial charge on any atom is -0.258 e. The maximum Gasteiger partial charge on any atom is 0.313 e. The van der Waals surface area contributed by atoms with Crippen LogP contribution < -0.4 is 0 Å². The van der Waals surface area contributed by atoms with Crippen molar-refractivity contribution in [1.82, 2.24) is 25.0 Å². The van der Waals surface area contributed by atoms with Crippen LogP contribution in [0.3, 0.4) is 0 Å². The second-order valence-corrected chi connectivity index (χ2v) is 3.47. The average molecular weight is 242 g/mol. The summed E-state index contributed by atoms with van der Waals surface area (Å²) in [6.45, 7) is 0. The van der Waals surface area contributed by atoms with Gasteiger partial charge in [-0.1, -0.05) is 5.21 Å². The molecule has 0 saturated carbocycles. The number of pyridine rings is 2. The van der Waals surface area contributed by atoms with E-state index in [1.165, 1.54) is 23.1 Å². The smallest absolute Gasteiger partial charge is 0.258 e. The molecule has 0 unspecified atom stereocenters. The van der Waals surface area contributed by atoms with Gasteiger partial charge in [-0.15, -0.1) is 5.10 Å². The van der Waals surface area contributed by atoms with Gasteiger partial charge in [0.2, 0.25) is 0 Å². The largest absolute Gasteiger partial charge is 0.313 e. The van der Waals surface area contributed by atoms with Crippen LogP contribution in [0.2, 0.25) is 0 Å². The molecule has 8 nitrogen and oxygen atoms in total. The average Bonchev–Trinajstić information content (AvgIpc) is 2.82. The van der Waals surface area contributed by atoms with E-state index in [1.54, 1.807) is 18.3 Å². The summed E-state index contributed by atoms with van der Waals surface area (Å²) in [5.41, 5.74) is 1.18. The third kappa shape index (κ3) is 1.47. The number of fused-ring (bicyclic) bond motifs is 1. The number of aromatic nitrogens is 5. The van der Waals surface area contributed by atoms with Gasteiger partial charge in [0, 0.05) is 12.4 Å². The fourth-order valence-corrected chi connectivity index (χ4v) is 1.63. The molecule has 0 atom stereocenters. The van der Waals surface area contributed by atoms with Crippen molar-refractivity contribution in [2.45, 2.75) is 0 Å². The summed E-state index contributed by atoms with van der Waals surface area (Å²) >= 11 is 0. The van der Waals surface area contributed by atoms with Crippen LogP contribution in [-0.4, -0.2) is 29.9 Å². The summed E-state index contributed by atoms with van der Waals surface area (Å²) in [5.74, 6) is 0. The molecule has 0 aliphatic heterocycles. The molecule has 0 spiro atoms. The SMILES string of the molecule is O=[N+]([O-])c1cnccc1-n1nnc2cccnc21. The second kappa shape index (κ2) is 3.84. The lowest BCUT2D eigenvalue weighted by Crippen LogP contribution is -2.03. The van der Waals surface area contributed by atoms with Crippen LogP contribution in [0.1, 0.15) is 0 Å². The number of hydrogen-bond donors (Lipinski definition) is 0. The Morgan fingerprint density at radius 2 is 2.17 bits per heavy atom. The Morgan fingerprint density at radius 1 is 1.28 bits per heavy atom. The van der Waals surface area contributed by atoms with Gasteiger partial charge in [0.15, 0.2) is 5.65 Å². The van der Waals surface area contributed by atoms with Gasteiger partial charge in [0.25, 0.3) is 0 Å². The van der Waals surface area contributed by atoms with Gasteiger partial charge in [-0.2, -0.15) is 4.68 Å². The molecule has 88 valence electrons. The first kappa shape index (κ1) is 10.3. The molecule has 0 radical (unpaired) electrons. The molecule has 0 aromatic carbocycles. The minimum atomic E-state index is -0.515. The van der Waals surface area contributed by atoms with Crippen molar-refractivity contribution in [3.8, 4) is 5.69 Å². The van der Waals surface area contributed by atoms with Crippen molar-refractivity contribution in [3.05, 3.63) is 46.9 Å². The van der Waals surface area contributed by atoms with Crippen LogP contribution in [0, 0.1) is 10.1 Å². The van der Waals surface area contributed by atoms with Crippen LogP contribution in [0.4, 0.5) is 5.69 Å². The molecular weight excluding hydrogens is 236 g/mol. The zero-order valence-corrected chi connectivity index (χ0v) is 8.96. The number of hydrogen-bond acceptors (Lipinski definition) is 6. The maximum atomic E-state index is 10.9. The van der Waals surface area contributed by atoms with E-state index in [1.807, 2.05) is 0 Å². The highest BCUT2D eigenvalue weighted by Crippen LogP contribution is 2.22. The van der Waals surface area contributed by atoms with Crippen LogP contribution in [0.25, 0.3) is 16.9 Å². The third-order valence-corrected chi connectivity index (χ3v) is 2.41. The Hall–Kier alpha value is -2.90. The molecule has 3 aromatic rings. The van der Waals surface area contributed by atoms with Crippen molar-refractivity contribution in [1.29, 1.82) is 0 Å². The Balaban J connectivity index is 2.30. The van der Waals surface area contributed by atoms with Gasteiger partial charge in [-0.05, 0) is 18.2 Å². The molecule has 3 aromatic heterocycles. The first-order valence-corrected chi connectivity index (χ1v) is 5.02. The topological polar surface area (TPSA) is 99.6 Å². The van der Waals surface area contributed by atoms with Crippen LogP contribution in [-0.2, 0) is 0 Å². The van der Waals surface area contributed by atoms with E-state index in [9.17, 15) is 10.1 Å². The molecule has 0 fully saturated rings. The molecule has 0 aliphatic rings. The summed E-state index contributed by atoms with van der Waals surface area (Å²) in [4.78, 5) is 18.3. The second-order valence-electron chi connectivity index (χ2n) is 3.47. The zero-order valence-electron chi connectivity index (χ0n) is 8.96. The number of nitro groups is 1. The van der Waals surface area contributed by atoms with E-state index < -0.39 is 4.92 Å². The van der Waals surface area contributed by atoms with Crippen molar-refractivity contribution in [3.63, 3.8) is 0 Å². The summed E-state index contributed by atoms with van der Waals surface area (Å²) in [7, 11) is 0. The van der Waals surface area contributed by atoms with Crippen LogP contribution in [0.5, 0.6) is 0 Å². The predicted octanol–water partition coefficient (Wildman–Crippen LogP) is 1.12. The minimum absolute atomic E-state index is 0.144. The van der Waals surface area contributed by atoms with Gasteiger partial charge >= 0.3 is 5.69 Å². The standard InChI is InChI=1S/C10H6N6O2/c17-16(18)9-6-11-5-3-8(9)15-10-7(13-14-15)2-1-4-12-10/h1-6H. The molecular formula is C10H6N6O2. The normalized spacial score (nSPS) is 10.7. The summed E-state index contributed by atoms with van der Waals surface area (Å²) in [6, 6.07) is 4.96. The summed E-state index contributed by atoms with van der Waals surface area (Å²) in [6.07, 6.45) is 4.21. The fraction of sp³-hybridized carbons (Fsp3) is 0. The van der Waals surface area contributed by atoms with Gasteiger partial charge in [-0.25, -0.2) is 4.98 Å². The monoisotopic (exact) mass is 242 g/mol. The van der Waals surface area contributed by atoms with E-state index in [0.717, 1.165) is 0 Å². The van der Waals surface area contributed by atoms with Gasteiger partial charge in [0.1, 0.15) is 17.4 Å². The first-order chi connectivity index (χ1) is 8.77. The van der Waals surface area contributed by atoms with E-state index in [2.05, 4.69) is 20.3 Å². The summed E-state index contributed by atoms with van der Waals surface area (Å²) in [5, 5.41) is 18.7. The molecule has 8 heteroatoms. The van der Waals surface area contributed by atoms with Crippen molar-refractivity contribution >= 4 is 16.9 Å². The van der Waals surface area contributed by atoms with Gasteiger partial charge < -0.3 is 0 Å². The van der Waals surface area contributed by atoms with Gasteiger partial charge in [0.05, 0.1) is 4.92 Å². The molecule has 3 rings (SSSR count). The quantitative estimate of drug-likeness (QED) is 0.493. The fourth-order valence-electron chi connectivity index (χ4n) is 1.63. The Kier molecular flexibility index (Phi) is 2.19. The molecule has 0 bridgehead atoms. The predicted molar refractivity (Wildman–Crippen MR) is 61.1 cm³/mol. The number of rotatable bonds is 2. The number of nitrogens with zero attached hydrogens (tertiary/aromatic N) is 6. The molecule has 0 aliphatic carbocycles.